The van der Waals surface area contributed by atoms with Crippen molar-refractivity contribution >= 4 is 5.91 Å². The van der Waals surface area contributed by atoms with Gasteiger partial charge >= 0.3 is 0 Å². The summed E-state index contributed by atoms with van der Waals surface area (Å²) in [5, 5.41) is 7.02. The van der Waals surface area contributed by atoms with Crippen molar-refractivity contribution in [2.45, 2.75) is 19.4 Å². The van der Waals surface area contributed by atoms with E-state index in [0.29, 0.717) is 29.3 Å². The summed E-state index contributed by atoms with van der Waals surface area (Å²) in [5.41, 5.74) is 6.34. The fourth-order valence-electron chi connectivity index (χ4n) is 1.64. The van der Waals surface area contributed by atoms with Crippen molar-refractivity contribution in [2.75, 3.05) is 7.05 Å². The molecule has 1 aromatic carbocycles. The molecule has 1 atom stereocenters. The molecule has 3 N–H and O–H groups in total. The van der Waals surface area contributed by atoms with Gasteiger partial charge in [-0.1, -0.05) is 11.2 Å². The van der Waals surface area contributed by atoms with Gasteiger partial charge in [-0.05, 0) is 32.2 Å². The minimum absolute atomic E-state index is 0.266. The molecule has 0 saturated heterocycles. The molecule has 100 valence electrons. The van der Waals surface area contributed by atoms with Crippen LogP contribution in [0.1, 0.15) is 23.1 Å². The Hall–Kier alpha value is -2.21. The summed E-state index contributed by atoms with van der Waals surface area (Å²) in [5.74, 6) is 0.535. The molecule has 1 aromatic heterocycles. The lowest BCUT2D eigenvalue weighted by Gasteiger charge is -2.04. The number of primary amides is 1. The number of benzene rings is 1. The largest absolute Gasteiger partial charge is 0.366 e. The van der Waals surface area contributed by atoms with Crippen molar-refractivity contribution in [3.63, 3.8) is 0 Å². The average Bonchev–Trinajstić information content (AvgIpc) is 2.87. The molecule has 6 heteroatoms. The van der Waals surface area contributed by atoms with Gasteiger partial charge in [0.2, 0.25) is 5.91 Å². The summed E-state index contributed by atoms with van der Waals surface area (Å²) < 4.78 is 5.19. The van der Waals surface area contributed by atoms with E-state index in [1.54, 1.807) is 24.3 Å². The minimum Gasteiger partial charge on any atom is -0.366 e. The molecular formula is C13H16N4O2. The molecule has 1 unspecified atom stereocenters. The van der Waals surface area contributed by atoms with Crippen LogP contribution in [0.2, 0.25) is 0 Å². The van der Waals surface area contributed by atoms with Crippen LogP contribution >= 0.6 is 0 Å². The molecule has 0 aliphatic rings. The van der Waals surface area contributed by atoms with E-state index in [1.165, 1.54) is 0 Å². The van der Waals surface area contributed by atoms with Gasteiger partial charge in [0.05, 0.1) is 0 Å². The van der Waals surface area contributed by atoms with Gasteiger partial charge in [0.1, 0.15) is 0 Å². The summed E-state index contributed by atoms with van der Waals surface area (Å²) in [6, 6.07) is 7.08. The van der Waals surface area contributed by atoms with Gasteiger partial charge in [-0.2, -0.15) is 4.98 Å². The normalized spacial score (nSPS) is 12.3. The van der Waals surface area contributed by atoms with Crippen LogP contribution in [0.15, 0.2) is 28.8 Å². The van der Waals surface area contributed by atoms with E-state index in [0.717, 1.165) is 0 Å². The number of rotatable bonds is 5. The van der Waals surface area contributed by atoms with Gasteiger partial charge in [0.25, 0.3) is 5.89 Å². The van der Waals surface area contributed by atoms with E-state index < -0.39 is 5.91 Å². The second-order valence-electron chi connectivity index (χ2n) is 4.35. The minimum atomic E-state index is -0.481. The number of nitrogens with two attached hydrogens (primary N) is 1. The van der Waals surface area contributed by atoms with Gasteiger partial charge in [0, 0.05) is 23.6 Å². The number of carbonyl (C=O) groups excluding carboxylic acids is 1. The molecule has 0 radical (unpaired) electrons. The van der Waals surface area contributed by atoms with Crippen LogP contribution in [0.5, 0.6) is 0 Å². The second-order valence-corrected chi connectivity index (χ2v) is 4.35. The van der Waals surface area contributed by atoms with Crippen molar-refractivity contribution in [1.29, 1.82) is 0 Å². The summed E-state index contributed by atoms with van der Waals surface area (Å²) >= 11 is 0. The first-order chi connectivity index (χ1) is 9.10. The molecule has 1 heterocycles. The highest BCUT2D eigenvalue weighted by molar-refractivity contribution is 5.93. The molecule has 0 aliphatic carbocycles. The summed E-state index contributed by atoms with van der Waals surface area (Å²) in [6.07, 6.45) is 0.676. The molecule has 6 nitrogen and oxygen atoms in total. The van der Waals surface area contributed by atoms with Crippen LogP contribution in [0, 0.1) is 0 Å². The number of amides is 1. The van der Waals surface area contributed by atoms with Crippen LogP contribution in [-0.4, -0.2) is 29.1 Å². The third kappa shape index (κ3) is 3.17. The zero-order chi connectivity index (χ0) is 13.8. The molecule has 0 fully saturated rings. The maximum atomic E-state index is 11.1. The van der Waals surface area contributed by atoms with E-state index in [-0.39, 0.29) is 6.04 Å². The number of nitrogens with zero attached hydrogens (tertiary/aromatic N) is 2. The van der Waals surface area contributed by atoms with Crippen molar-refractivity contribution in [2.24, 2.45) is 5.73 Å². The van der Waals surface area contributed by atoms with E-state index in [4.69, 9.17) is 10.3 Å². The zero-order valence-corrected chi connectivity index (χ0v) is 10.9. The molecule has 0 bridgehead atoms. The molecule has 0 spiro atoms. The van der Waals surface area contributed by atoms with Crippen molar-refractivity contribution in [3.05, 3.63) is 35.7 Å². The average molecular weight is 260 g/mol. The topological polar surface area (TPSA) is 94.0 Å². The third-order valence-electron chi connectivity index (χ3n) is 2.84. The lowest BCUT2D eigenvalue weighted by Crippen LogP contribution is -2.24. The SMILES string of the molecule is CNC(C)Cc1noc(-c2cccc(C(N)=O)c2)n1. The first kappa shape index (κ1) is 13.2. The predicted octanol–water partition coefficient (Wildman–Crippen LogP) is 0.986. The number of hydrogen-bond acceptors (Lipinski definition) is 5. The van der Waals surface area contributed by atoms with E-state index >= 15 is 0 Å². The third-order valence-corrected chi connectivity index (χ3v) is 2.84. The number of likely N-dealkylation sites (N-methyl/N-ethyl adjacent to an activating group) is 1. The van der Waals surface area contributed by atoms with Gasteiger partial charge in [-0.15, -0.1) is 0 Å². The Morgan fingerprint density at radius 3 is 3.00 bits per heavy atom. The van der Waals surface area contributed by atoms with Gasteiger partial charge in [-0.25, -0.2) is 0 Å². The van der Waals surface area contributed by atoms with Crippen LogP contribution in [-0.2, 0) is 6.42 Å². The Bertz CT molecular complexity index is 580. The quantitative estimate of drug-likeness (QED) is 0.836. The monoisotopic (exact) mass is 260 g/mol. The molecule has 1 amide bonds. The molecular weight excluding hydrogens is 244 g/mol. The molecule has 19 heavy (non-hydrogen) atoms. The summed E-state index contributed by atoms with van der Waals surface area (Å²) in [4.78, 5) is 15.4. The second kappa shape index (κ2) is 5.62. The molecule has 0 saturated carbocycles. The predicted molar refractivity (Wildman–Crippen MR) is 70.5 cm³/mol. The van der Waals surface area contributed by atoms with Gasteiger partial charge in [-0.3, -0.25) is 4.79 Å². The maximum Gasteiger partial charge on any atom is 0.257 e. The zero-order valence-electron chi connectivity index (χ0n) is 10.9. The van der Waals surface area contributed by atoms with E-state index in [2.05, 4.69) is 15.5 Å². The Morgan fingerprint density at radius 1 is 1.53 bits per heavy atom. The molecule has 2 rings (SSSR count). The van der Waals surface area contributed by atoms with Crippen molar-refractivity contribution in [1.82, 2.24) is 15.5 Å². The van der Waals surface area contributed by atoms with Crippen LogP contribution in [0.4, 0.5) is 0 Å². The van der Waals surface area contributed by atoms with Gasteiger partial charge < -0.3 is 15.6 Å². The van der Waals surface area contributed by atoms with Crippen LogP contribution in [0.3, 0.4) is 0 Å². The summed E-state index contributed by atoms with van der Waals surface area (Å²) in [7, 11) is 1.88. The van der Waals surface area contributed by atoms with Crippen LogP contribution < -0.4 is 11.1 Å². The fraction of sp³-hybridized carbons (Fsp3) is 0.308. The Kier molecular flexibility index (Phi) is 3.91. The maximum absolute atomic E-state index is 11.1. The molecule has 0 aliphatic heterocycles. The smallest absolute Gasteiger partial charge is 0.257 e. The number of carbonyl (C=O) groups is 1. The first-order valence-corrected chi connectivity index (χ1v) is 6.00. The molecule has 2 aromatic rings. The highest BCUT2D eigenvalue weighted by atomic mass is 16.5. The number of hydrogen-bond donors (Lipinski definition) is 2. The lowest BCUT2D eigenvalue weighted by molar-refractivity contribution is 0.100. The highest BCUT2D eigenvalue weighted by Crippen LogP contribution is 2.18. The fourth-order valence-corrected chi connectivity index (χ4v) is 1.64. The summed E-state index contributed by atoms with van der Waals surface area (Å²) in [6.45, 7) is 2.03. The van der Waals surface area contributed by atoms with E-state index in [9.17, 15) is 4.79 Å². The first-order valence-electron chi connectivity index (χ1n) is 6.00. The Morgan fingerprint density at radius 2 is 2.32 bits per heavy atom. The Labute approximate surface area is 111 Å². The van der Waals surface area contributed by atoms with Gasteiger partial charge in [0.15, 0.2) is 5.82 Å². The highest BCUT2D eigenvalue weighted by Gasteiger charge is 2.12. The van der Waals surface area contributed by atoms with Crippen molar-refractivity contribution in [3.8, 4) is 11.5 Å². The number of nitrogens with one attached hydrogen (secondary N) is 1. The lowest BCUT2D eigenvalue weighted by atomic mass is 10.1. The standard InChI is InChI=1S/C13H16N4O2/c1-8(15-2)6-11-16-13(19-17-11)10-5-3-4-9(7-10)12(14)18/h3-5,7-8,15H,6H2,1-2H3,(H2,14,18). The van der Waals surface area contributed by atoms with E-state index in [1.807, 2.05) is 14.0 Å². The van der Waals surface area contributed by atoms with Crippen molar-refractivity contribution < 1.29 is 9.32 Å². The Balaban J connectivity index is 2.22. The van der Waals surface area contributed by atoms with Crippen LogP contribution in [0.25, 0.3) is 11.5 Å². The number of aromatic nitrogens is 2.